The highest BCUT2D eigenvalue weighted by atomic mass is 16.5. The van der Waals surface area contributed by atoms with Crippen molar-refractivity contribution in [3.05, 3.63) is 35.9 Å². The third-order valence-corrected chi connectivity index (χ3v) is 3.40. The van der Waals surface area contributed by atoms with Gasteiger partial charge in [0.05, 0.1) is 13.0 Å². The van der Waals surface area contributed by atoms with E-state index in [2.05, 4.69) is 24.4 Å². The van der Waals surface area contributed by atoms with Crippen LogP contribution in [0.15, 0.2) is 30.3 Å². The fourth-order valence-corrected chi connectivity index (χ4v) is 1.99. The summed E-state index contributed by atoms with van der Waals surface area (Å²) in [6.07, 6.45) is 0.988. The molecule has 100 valence electrons. The Morgan fingerprint density at radius 3 is 2.39 bits per heavy atom. The van der Waals surface area contributed by atoms with Crippen molar-refractivity contribution in [2.45, 2.75) is 39.3 Å². The molecule has 18 heavy (non-hydrogen) atoms. The molecule has 3 heteroatoms. The van der Waals surface area contributed by atoms with Crippen LogP contribution in [0.1, 0.15) is 38.8 Å². The monoisotopic (exact) mass is 249 g/mol. The van der Waals surface area contributed by atoms with Crippen molar-refractivity contribution in [3.8, 4) is 0 Å². The van der Waals surface area contributed by atoms with Gasteiger partial charge in [-0.15, -0.1) is 0 Å². The van der Waals surface area contributed by atoms with Crippen molar-refractivity contribution in [2.24, 2.45) is 5.92 Å². The zero-order valence-electron chi connectivity index (χ0n) is 11.6. The number of carbonyl (C=O) groups excluding carboxylic acids is 1. The molecule has 1 N–H and O–H groups in total. The van der Waals surface area contributed by atoms with E-state index in [-0.39, 0.29) is 24.0 Å². The minimum Gasteiger partial charge on any atom is -0.469 e. The van der Waals surface area contributed by atoms with Gasteiger partial charge in [0, 0.05) is 12.1 Å². The van der Waals surface area contributed by atoms with Crippen LogP contribution in [0.5, 0.6) is 0 Å². The second-order valence-corrected chi connectivity index (χ2v) is 4.64. The number of benzene rings is 1. The quantitative estimate of drug-likeness (QED) is 0.788. The summed E-state index contributed by atoms with van der Waals surface area (Å²) in [6.45, 7) is 6.05. The van der Waals surface area contributed by atoms with Crippen LogP contribution < -0.4 is 5.32 Å². The topological polar surface area (TPSA) is 38.3 Å². The van der Waals surface area contributed by atoms with Gasteiger partial charge in [0.25, 0.3) is 0 Å². The number of carbonyl (C=O) groups is 1. The maximum atomic E-state index is 11.5. The van der Waals surface area contributed by atoms with Gasteiger partial charge in [0.15, 0.2) is 0 Å². The third-order valence-electron chi connectivity index (χ3n) is 3.40. The van der Waals surface area contributed by atoms with Crippen LogP contribution in [0.25, 0.3) is 0 Å². The molecule has 0 bridgehead atoms. The first-order valence-corrected chi connectivity index (χ1v) is 6.49. The number of methoxy groups -OCH3 is 1. The predicted molar refractivity (Wildman–Crippen MR) is 73.3 cm³/mol. The maximum Gasteiger partial charge on any atom is 0.309 e. The summed E-state index contributed by atoms with van der Waals surface area (Å²) in [5.74, 6) is -0.314. The molecule has 0 aromatic heterocycles. The van der Waals surface area contributed by atoms with Gasteiger partial charge in [0.2, 0.25) is 0 Å². The van der Waals surface area contributed by atoms with E-state index in [0.29, 0.717) is 0 Å². The van der Waals surface area contributed by atoms with Gasteiger partial charge in [-0.2, -0.15) is 0 Å². The van der Waals surface area contributed by atoms with Crippen LogP contribution in [0.3, 0.4) is 0 Å². The average molecular weight is 249 g/mol. The average Bonchev–Trinajstić information content (AvgIpc) is 2.43. The minimum absolute atomic E-state index is 0.0857. The van der Waals surface area contributed by atoms with E-state index in [1.807, 2.05) is 32.0 Å². The van der Waals surface area contributed by atoms with Crippen LogP contribution in [0.2, 0.25) is 0 Å². The number of hydrogen-bond acceptors (Lipinski definition) is 3. The fourth-order valence-electron chi connectivity index (χ4n) is 1.99. The second-order valence-electron chi connectivity index (χ2n) is 4.64. The zero-order chi connectivity index (χ0) is 13.5. The van der Waals surface area contributed by atoms with Crippen molar-refractivity contribution in [2.75, 3.05) is 7.11 Å². The number of hydrogen-bond donors (Lipinski definition) is 1. The van der Waals surface area contributed by atoms with E-state index in [4.69, 9.17) is 4.74 Å². The summed E-state index contributed by atoms with van der Waals surface area (Å²) in [7, 11) is 1.43. The number of rotatable bonds is 6. The largest absolute Gasteiger partial charge is 0.469 e. The van der Waals surface area contributed by atoms with E-state index in [9.17, 15) is 4.79 Å². The van der Waals surface area contributed by atoms with Gasteiger partial charge in [0.1, 0.15) is 0 Å². The molecule has 1 aromatic rings. The van der Waals surface area contributed by atoms with Gasteiger partial charge in [-0.1, -0.05) is 44.2 Å². The van der Waals surface area contributed by atoms with Crippen LogP contribution in [-0.2, 0) is 9.53 Å². The molecular formula is C15H23NO2. The summed E-state index contributed by atoms with van der Waals surface area (Å²) in [5.41, 5.74) is 1.25. The first kappa shape index (κ1) is 14.7. The van der Waals surface area contributed by atoms with Gasteiger partial charge in [-0.05, 0) is 18.9 Å². The third kappa shape index (κ3) is 3.84. The predicted octanol–water partition coefficient (Wildman–Crippen LogP) is 2.92. The normalized spacial score (nSPS) is 15.8. The van der Waals surface area contributed by atoms with E-state index in [1.54, 1.807) is 0 Å². The molecule has 0 saturated carbocycles. The van der Waals surface area contributed by atoms with Gasteiger partial charge >= 0.3 is 5.97 Å². The van der Waals surface area contributed by atoms with Crippen LogP contribution in [0, 0.1) is 5.92 Å². The molecule has 0 amide bonds. The molecule has 0 aliphatic carbocycles. The maximum absolute atomic E-state index is 11.5. The fraction of sp³-hybridized carbons (Fsp3) is 0.533. The first-order valence-electron chi connectivity index (χ1n) is 6.49. The lowest BCUT2D eigenvalue weighted by atomic mass is 9.99. The van der Waals surface area contributed by atoms with Crippen LogP contribution in [0.4, 0.5) is 0 Å². The molecule has 0 spiro atoms. The van der Waals surface area contributed by atoms with Crippen molar-refractivity contribution in [1.29, 1.82) is 0 Å². The van der Waals surface area contributed by atoms with Crippen LogP contribution >= 0.6 is 0 Å². The Labute approximate surface area is 110 Å². The summed E-state index contributed by atoms with van der Waals surface area (Å²) in [6, 6.07) is 10.7. The second kappa shape index (κ2) is 7.17. The summed E-state index contributed by atoms with van der Waals surface area (Å²) in [5, 5.41) is 3.50. The lowest BCUT2D eigenvalue weighted by molar-refractivity contribution is -0.145. The van der Waals surface area contributed by atoms with E-state index in [0.717, 1.165) is 6.42 Å². The summed E-state index contributed by atoms with van der Waals surface area (Å²) >= 11 is 0. The molecule has 0 aliphatic rings. The Morgan fingerprint density at radius 2 is 1.89 bits per heavy atom. The molecule has 3 nitrogen and oxygen atoms in total. The standard InChI is InChI=1S/C15H23NO2/c1-5-14(13-9-7-6-8-10-13)16-12(3)11(2)15(17)18-4/h6-12,14,16H,5H2,1-4H3. The number of esters is 1. The number of ether oxygens (including phenoxy) is 1. The van der Waals surface area contributed by atoms with E-state index in [1.165, 1.54) is 12.7 Å². The highest BCUT2D eigenvalue weighted by Gasteiger charge is 2.23. The highest BCUT2D eigenvalue weighted by Crippen LogP contribution is 2.18. The van der Waals surface area contributed by atoms with Gasteiger partial charge in [-0.3, -0.25) is 4.79 Å². The molecule has 3 unspecified atom stereocenters. The molecule has 0 saturated heterocycles. The van der Waals surface area contributed by atoms with Gasteiger partial charge in [-0.25, -0.2) is 0 Å². The van der Waals surface area contributed by atoms with Crippen molar-refractivity contribution >= 4 is 5.97 Å². The molecule has 1 rings (SSSR count). The first-order chi connectivity index (χ1) is 8.60. The van der Waals surface area contributed by atoms with Crippen molar-refractivity contribution in [3.63, 3.8) is 0 Å². The molecule has 0 heterocycles. The lowest BCUT2D eigenvalue weighted by Gasteiger charge is -2.25. The Kier molecular flexibility index (Phi) is 5.86. The SMILES string of the molecule is CCC(NC(C)C(C)C(=O)OC)c1ccccc1. The Hall–Kier alpha value is -1.35. The molecule has 0 fully saturated rings. The van der Waals surface area contributed by atoms with Crippen LogP contribution in [-0.4, -0.2) is 19.1 Å². The van der Waals surface area contributed by atoms with E-state index >= 15 is 0 Å². The van der Waals surface area contributed by atoms with Gasteiger partial charge < -0.3 is 10.1 Å². The Balaban J connectivity index is 2.66. The lowest BCUT2D eigenvalue weighted by Crippen LogP contribution is -2.38. The molecular weight excluding hydrogens is 226 g/mol. The molecule has 0 aliphatic heterocycles. The Morgan fingerprint density at radius 1 is 1.28 bits per heavy atom. The Bertz CT molecular complexity index is 364. The smallest absolute Gasteiger partial charge is 0.309 e. The van der Waals surface area contributed by atoms with E-state index < -0.39 is 0 Å². The number of nitrogens with one attached hydrogen (secondary N) is 1. The minimum atomic E-state index is -0.169. The van der Waals surface area contributed by atoms with Crippen molar-refractivity contribution in [1.82, 2.24) is 5.32 Å². The molecule has 1 aromatic carbocycles. The summed E-state index contributed by atoms with van der Waals surface area (Å²) < 4.78 is 4.78. The molecule has 0 radical (unpaired) electrons. The van der Waals surface area contributed by atoms with Crippen molar-refractivity contribution < 1.29 is 9.53 Å². The molecule has 3 atom stereocenters. The summed E-state index contributed by atoms with van der Waals surface area (Å²) in [4.78, 5) is 11.5. The zero-order valence-corrected chi connectivity index (χ0v) is 11.6. The highest BCUT2D eigenvalue weighted by molar-refractivity contribution is 5.72.